The molecule has 0 spiro atoms. The van der Waals surface area contributed by atoms with Gasteiger partial charge in [-0.05, 0) is 20.8 Å². The molecule has 0 aromatic heterocycles. The van der Waals surface area contributed by atoms with Crippen LogP contribution in [0, 0.1) is 22.7 Å². The Morgan fingerprint density at radius 3 is 2.11 bits per heavy atom. The summed E-state index contributed by atoms with van der Waals surface area (Å²) in [5.74, 6) is 0.133. The van der Waals surface area contributed by atoms with E-state index in [-0.39, 0.29) is 17.9 Å². The second-order valence-corrected chi connectivity index (χ2v) is 4.56. The molecule has 0 aliphatic rings. The molecule has 0 N–H and O–H groups in total. The zero-order valence-electron chi connectivity index (χ0n) is 11.3. The van der Waals surface area contributed by atoms with Crippen LogP contribution in [0.3, 0.4) is 0 Å². The third kappa shape index (κ3) is 5.22. The highest BCUT2D eigenvalue weighted by Crippen LogP contribution is 2.11. The van der Waals surface area contributed by atoms with Crippen molar-refractivity contribution >= 4 is 6.09 Å². The normalized spacial score (nSPS) is 9.72. The maximum absolute atomic E-state index is 11.7. The predicted molar refractivity (Wildman–Crippen MR) is 64.1 cm³/mol. The van der Waals surface area contributed by atoms with Crippen molar-refractivity contribution in [3.8, 4) is 12.1 Å². The first-order valence-corrected chi connectivity index (χ1v) is 5.26. The third-order valence-electron chi connectivity index (χ3n) is 1.83. The number of ether oxygens (including phenoxy) is 2. The maximum atomic E-state index is 11.7. The minimum absolute atomic E-state index is 0.00185. The Morgan fingerprint density at radius 1 is 1.28 bits per heavy atom. The quantitative estimate of drug-likeness (QED) is 0.564. The first kappa shape index (κ1) is 15.8. The third-order valence-corrected chi connectivity index (χ3v) is 1.83. The van der Waals surface area contributed by atoms with E-state index in [1.807, 2.05) is 0 Å². The molecule has 0 radical (unpaired) electrons. The largest absolute Gasteiger partial charge is 0.497 e. The molecular weight excluding hydrogens is 234 g/mol. The van der Waals surface area contributed by atoms with Crippen molar-refractivity contribution < 1.29 is 14.3 Å². The summed E-state index contributed by atoms with van der Waals surface area (Å²) in [5, 5.41) is 17.4. The van der Waals surface area contributed by atoms with Gasteiger partial charge in [-0.15, -0.1) is 0 Å². The SMILES string of the molecule is COC(CN(C)C(=O)OC(C)(C)C)=C(C#N)C#N. The van der Waals surface area contributed by atoms with Crippen molar-refractivity contribution in [2.24, 2.45) is 0 Å². The van der Waals surface area contributed by atoms with Crippen molar-refractivity contribution in [3.05, 3.63) is 11.3 Å². The molecule has 0 bridgehead atoms. The Bertz CT molecular complexity index is 405. The van der Waals surface area contributed by atoms with Gasteiger partial charge in [0.25, 0.3) is 0 Å². The fourth-order valence-electron chi connectivity index (χ4n) is 1.02. The van der Waals surface area contributed by atoms with Crippen LogP contribution in [0.25, 0.3) is 0 Å². The van der Waals surface area contributed by atoms with Crippen molar-refractivity contribution in [1.29, 1.82) is 10.5 Å². The van der Waals surface area contributed by atoms with E-state index in [0.717, 1.165) is 0 Å². The number of amides is 1. The molecule has 0 aliphatic heterocycles. The molecule has 0 saturated carbocycles. The van der Waals surface area contributed by atoms with E-state index < -0.39 is 11.7 Å². The molecule has 0 saturated heterocycles. The molecule has 0 aromatic carbocycles. The van der Waals surface area contributed by atoms with Gasteiger partial charge in [-0.25, -0.2) is 4.79 Å². The van der Waals surface area contributed by atoms with E-state index in [1.54, 1.807) is 32.9 Å². The number of nitrogens with zero attached hydrogens (tertiary/aromatic N) is 3. The van der Waals surface area contributed by atoms with Gasteiger partial charge < -0.3 is 14.4 Å². The molecule has 0 atom stereocenters. The van der Waals surface area contributed by atoms with Crippen molar-refractivity contribution in [2.45, 2.75) is 26.4 Å². The minimum Gasteiger partial charge on any atom is -0.497 e. The van der Waals surface area contributed by atoms with Gasteiger partial charge in [-0.2, -0.15) is 10.5 Å². The predicted octanol–water partition coefficient (Wildman–Crippen LogP) is 1.80. The van der Waals surface area contributed by atoms with E-state index in [1.165, 1.54) is 19.1 Å². The van der Waals surface area contributed by atoms with Gasteiger partial charge in [-0.3, -0.25) is 0 Å². The van der Waals surface area contributed by atoms with Gasteiger partial charge in [0.2, 0.25) is 0 Å². The lowest BCUT2D eigenvalue weighted by atomic mass is 10.2. The first-order valence-electron chi connectivity index (χ1n) is 5.26. The highest BCUT2D eigenvalue weighted by molar-refractivity contribution is 5.68. The monoisotopic (exact) mass is 251 g/mol. The number of hydrogen-bond donors (Lipinski definition) is 0. The summed E-state index contributed by atoms with van der Waals surface area (Å²) in [6, 6.07) is 3.42. The number of carbonyl (C=O) groups excluding carboxylic acids is 1. The second kappa shape index (κ2) is 6.51. The van der Waals surface area contributed by atoms with Gasteiger partial charge in [0, 0.05) is 7.05 Å². The molecular formula is C12H17N3O3. The van der Waals surface area contributed by atoms with Crippen LogP contribution in [0.15, 0.2) is 11.3 Å². The molecule has 0 fully saturated rings. The molecule has 18 heavy (non-hydrogen) atoms. The van der Waals surface area contributed by atoms with E-state index in [0.29, 0.717) is 0 Å². The summed E-state index contributed by atoms with van der Waals surface area (Å²) < 4.78 is 10.1. The molecule has 0 unspecified atom stereocenters. The second-order valence-electron chi connectivity index (χ2n) is 4.56. The smallest absolute Gasteiger partial charge is 0.410 e. The van der Waals surface area contributed by atoms with Gasteiger partial charge in [-0.1, -0.05) is 0 Å². The zero-order chi connectivity index (χ0) is 14.3. The topological polar surface area (TPSA) is 86.3 Å². The number of nitriles is 2. The van der Waals surface area contributed by atoms with Crippen LogP contribution in [0.5, 0.6) is 0 Å². The summed E-state index contributed by atoms with van der Waals surface area (Å²) in [6.07, 6.45) is -0.549. The van der Waals surface area contributed by atoms with Crippen molar-refractivity contribution in [2.75, 3.05) is 20.7 Å². The van der Waals surface area contributed by atoms with E-state index in [4.69, 9.17) is 20.0 Å². The fourth-order valence-corrected chi connectivity index (χ4v) is 1.02. The van der Waals surface area contributed by atoms with Gasteiger partial charge >= 0.3 is 6.09 Å². The molecule has 1 amide bonds. The molecule has 0 heterocycles. The number of allylic oxidation sites excluding steroid dienone is 1. The zero-order valence-corrected chi connectivity index (χ0v) is 11.3. The number of carbonyl (C=O) groups is 1. The fraction of sp³-hybridized carbons (Fsp3) is 0.583. The van der Waals surface area contributed by atoms with Crippen LogP contribution in [0.2, 0.25) is 0 Å². The lowest BCUT2D eigenvalue weighted by molar-refractivity contribution is 0.0292. The standard InChI is InChI=1S/C12H17N3O3/c1-12(2,3)18-11(16)15(4)8-10(17-5)9(6-13)7-14/h8H2,1-5H3. The molecule has 0 aromatic rings. The average Bonchev–Trinajstić information content (AvgIpc) is 2.26. The molecule has 6 nitrogen and oxygen atoms in total. The summed E-state index contributed by atoms with van der Waals surface area (Å²) in [7, 11) is 2.84. The summed E-state index contributed by atoms with van der Waals surface area (Å²) in [5.41, 5.74) is -0.761. The Kier molecular flexibility index (Phi) is 5.71. The first-order chi connectivity index (χ1) is 8.25. The molecule has 98 valence electrons. The number of hydrogen-bond acceptors (Lipinski definition) is 5. The van der Waals surface area contributed by atoms with Crippen LogP contribution in [0.4, 0.5) is 4.79 Å². The van der Waals surface area contributed by atoms with Crippen LogP contribution in [-0.2, 0) is 9.47 Å². The lowest BCUT2D eigenvalue weighted by Crippen LogP contribution is -2.35. The summed E-state index contributed by atoms with van der Waals surface area (Å²) in [6.45, 7) is 5.26. The Morgan fingerprint density at radius 2 is 1.78 bits per heavy atom. The van der Waals surface area contributed by atoms with Gasteiger partial charge in [0.15, 0.2) is 5.57 Å². The van der Waals surface area contributed by atoms with E-state index in [2.05, 4.69) is 0 Å². The van der Waals surface area contributed by atoms with Crippen molar-refractivity contribution in [3.63, 3.8) is 0 Å². The average molecular weight is 251 g/mol. The highest BCUT2D eigenvalue weighted by atomic mass is 16.6. The van der Waals surface area contributed by atoms with Gasteiger partial charge in [0.05, 0.1) is 13.7 Å². The van der Waals surface area contributed by atoms with Crippen LogP contribution >= 0.6 is 0 Å². The Hall–Kier alpha value is -2.21. The van der Waals surface area contributed by atoms with E-state index in [9.17, 15) is 4.79 Å². The summed E-state index contributed by atoms with van der Waals surface area (Å²) >= 11 is 0. The van der Waals surface area contributed by atoms with E-state index >= 15 is 0 Å². The minimum atomic E-state index is -0.602. The summed E-state index contributed by atoms with van der Waals surface area (Å²) in [4.78, 5) is 12.9. The molecule has 0 rings (SSSR count). The van der Waals surface area contributed by atoms with Crippen LogP contribution in [-0.4, -0.2) is 37.3 Å². The molecule has 0 aliphatic carbocycles. The van der Waals surface area contributed by atoms with Crippen LogP contribution in [0.1, 0.15) is 20.8 Å². The lowest BCUT2D eigenvalue weighted by Gasteiger charge is -2.24. The number of likely N-dealkylation sites (N-methyl/N-ethyl adjacent to an activating group) is 1. The Balaban J connectivity index is 4.81. The highest BCUT2D eigenvalue weighted by Gasteiger charge is 2.21. The molecule has 6 heteroatoms. The number of rotatable bonds is 3. The number of methoxy groups -OCH3 is 1. The Labute approximate surface area is 107 Å². The van der Waals surface area contributed by atoms with Crippen molar-refractivity contribution in [1.82, 2.24) is 4.90 Å². The van der Waals surface area contributed by atoms with Crippen LogP contribution < -0.4 is 0 Å². The van der Waals surface area contributed by atoms with Gasteiger partial charge in [0.1, 0.15) is 23.5 Å². The maximum Gasteiger partial charge on any atom is 0.410 e.